The van der Waals surface area contributed by atoms with E-state index in [9.17, 15) is 4.79 Å². The number of hydrogen-bond acceptors (Lipinski definition) is 2. The first-order chi connectivity index (χ1) is 6.97. The molecule has 0 aromatic rings. The van der Waals surface area contributed by atoms with Gasteiger partial charge < -0.3 is 4.74 Å². The van der Waals surface area contributed by atoms with Gasteiger partial charge in [-0.1, -0.05) is 34.6 Å². The van der Waals surface area contributed by atoms with Gasteiger partial charge in [-0.05, 0) is 31.1 Å². The molecule has 1 saturated heterocycles. The van der Waals surface area contributed by atoms with Gasteiger partial charge in [0.25, 0.3) is 0 Å². The van der Waals surface area contributed by atoms with E-state index in [0.717, 1.165) is 25.7 Å². The second kappa shape index (κ2) is 6.86. The van der Waals surface area contributed by atoms with E-state index in [1.54, 1.807) is 0 Å². The molecular weight excluding hydrogens is 188 g/mol. The highest BCUT2D eigenvalue weighted by atomic mass is 16.5. The largest absolute Gasteiger partial charge is 0.462 e. The summed E-state index contributed by atoms with van der Waals surface area (Å²) >= 11 is 0. The number of esters is 1. The second-order valence-corrected chi connectivity index (χ2v) is 5.10. The van der Waals surface area contributed by atoms with Gasteiger partial charge in [0.2, 0.25) is 0 Å². The number of carbonyl (C=O) groups is 1. The summed E-state index contributed by atoms with van der Waals surface area (Å²) in [5.74, 6) is -0.00911. The Balaban J connectivity index is 0.000000921. The first kappa shape index (κ1) is 14.5. The Morgan fingerprint density at radius 1 is 1.33 bits per heavy atom. The van der Waals surface area contributed by atoms with E-state index in [1.807, 2.05) is 13.8 Å². The lowest BCUT2D eigenvalue weighted by atomic mass is 9.88. The zero-order valence-electron chi connectivity index (χ0n) is 10.9. The van der Waals surface area contributed by atoms with E-state index >= 15 is 0 Å². The van der Waals surface area contributed by atoms with E-state index in [2.05, 4.69) is 20.8 Å². The minimum atomic E-state index is -0.00911. The molecule has 1 aliphatic rings. The first-order valence-electron chi connectivity index (χ1n) is 6.17. The molecule has 0 bridgehead atoms. The molecule has 90 valence electrons. The summed E-state index contributed by atoms with van der Waals surface area (Å²) in [6.07, 6.45) is 5.03. The van der Waals surface area contributed by atoms with Crippen molar-refractivity contribution in [2.75, 3.05) is 0 Å². The molecule has 1 rings (SSSR count). The highest BCUT2D eigenvalue weighted by Crippen LogP contribution is 2.26. The van der Waals surface area contributed by atoms with Crippen LogP contribution in [0.3, 0.4) is 0 Å². The molecule has 0 saturated carbocycles. The Labute approximate surface area is 94.4 Å². The zero-order valence-corrected chi connectivity index (χ0v) is 10.9. The van der Waals surface area contributed by atoms with Crippen LogP contribution in [0, 0.1) is 5.41 Å². The van der Waals surface area contributed by atoms with E-state index in [0.29, 0.717) is 11.8 Å². The summed E-state index contributed by atoms with van der Waals surface area (Å²) in [6.45, 7) is 10.7. The lowest BCUT2D eigenvalue weighted by molar-refractivity contribution is -0.154. The molecule has 1 aliphatic heterocycles. The highest BCUT2D eigenvalue weighted by molar-refractivity contribution is 5.70. The molecule has 0 N–H and O–H groups in total. The second-order valence-electron chi connectivity index (χ2n) is 5.10. The van der Waals surface area contributed by atoms with Crippen molar-refractivity contribution in [2.45, 2.75) is 72.8 Å². The van der Waals surface area contributed by atoms with Crippen molar-refractivity contribution in [2.24, 2.45) is 5.41 Å². The van der Waals surface area contributed by atoms with Crippen molar-refractivity contribution in [1.29, 1.82) is 0 Å². The van der Waals surface area contributed by atoms with Crippen LogP contribution in [0.2, 0.25) is 0 Å². The van der Waals surface area contributed by atoms with Crippen LogP contribution in [0.25, 0.3) is 0 Å². The van der Waals surface area contributed by atoms with E-state index in [1.165, 1.54) is 0 Å². The SMILES string of the molecule is CC.CC(C)(C)CC[C@H]1CCCC(=O)O1. The van der Waals surface area contributed by atoms with Crippen molar-refractivity contribution < 1.29 is 9.53 Å². The summed E-state index contributed by atoms with van der Waals surface area (Å²) in [5, 5.41) is 0. The van der Waals surface area contributed by atoms with Crippen LogP contribution >= 0.6 is 0 Å². The topological polar surface area (TPSA) is 26.3 Å². The summed E-state index contributed by atoms with van der Waals surface area (Å²) in [7, 11) is 0. The normalized spacial score (nSPS) is 21.4. The molecule has 2 nitrogen and oxygen atoms in total. The quantitative estimate of drug-likeness (QED) is 0.651. The summed E-state index contributed by atoms with van der Waals surface area (Å²) in [4.78, 5) is 11.0. The average Bonchev–Trinajstić information content (AvgIpc) is 2.17. The summed E-state index contributed by atoms with van der Waals surface area (Å²) in [6, 6.07) is 0. The minimum absolute atomic E-state index is 0.00911. The Bertz CT molecular complexity index is 179. The molecule has 0 radical (unpaired) electrons. The third-order valence-corrected chi connectivity index (χ3v) is 2.42. The van der Waals surface area contributed by atoms with Gasteiger partial charge in [0.05, 0.1) is 0 Å². The van der Waals surface area contributed by atoms with Gasteiger partial charge in [0.1, 0.15) is 6.10 Å². The van der Waals surface area contributed by atoms with Gasteiger partial charge >= 0.3 is 5.97 Å². The number of ether oxygens (including phenoxy) is 1. The van der Waals surface area contributed by atoms with E-state index in [-0.39, 0.29) is 12.1 Å². The maximum absolute atomic E-state index is 11.0. The van der Waals surface area contributed by atoms with Gasteiger partial charge in [0, 0.05) is 6.42 Å². The monoisotopic (exact) mass is 214 g/mol. The fraction of sp³-hybridized carbons (Fsp3) is 0.923. The van der Waals surface area contributed by atoms with Crippen molar-refractivity contribution >= 4 is 5.97 Å². The van der Waals surface area contributed by atoms with Gasteiger partial charge in [-0.3, -0.25) is 4.79 Å². The van der Waals surface area contributed by atoms with Crippen LogP contribution in [-0.2, 0) is 9.53 Å². The van der Waals surface area contributed by atoms with Crippen LogP contribution in [0.4, 0.5) is 0 Å². The molecule has 15 heavy (non-hydrogen) atoms. The van der Waals surface area contributed by atoms with Crippen LogP contribution in [0.5, 0.6) is 0 Å². The van der Waals surface area contributed by atoms with Crippen LogP contribution < -0.4 is 0 Å². The first-order valence-corrected chi connectivity index (χ1v) is 6.17. The fourth-order valence-corrected chi connectivity index (χ4v) is 1.58. The van der Waals surface area contributed by atoms with Crippen molar-refractivity contribution in [3.05, 3.63) is 0 Å². The van der Waals surface area contributed by atoms with Crippen LogP contribution in [0.15, 0.2) is 0 Å². The van der Waals surface area contributed by atoms with Crippen molar-refractivity contribution in [3.8, 4) is 0 Å². The number of cyclic esters (lactones) is 1. The molecular formula is C13H26O2. The fourth-order valence-electron chi connectivity index (χ4n) is 1.58. The van der Waals surface area contributed by atoms with Gasteiger partial charge in [-0.2, -0.15) is 0 Å². The van der Waals surface area contributed by atoms with Gasteiger partial charge in [-0.15, -0.1) is 0 Å². The maximum Gasteiger partial charge on any atom is 0.306 e. The third-order valence-electron chi connectivity index (χ3n) is 2.42. The molecule has 0 aromatic heterocycles. The summed E-state index contributed by atoms with van der Waals surface area (Å²) in [5.41, 5.74) is 0.351. The Hall–Kier alpha value is -0.530. The molecule has 1 heterocycles. The number of hydrogen-bond donors (Lipinski definition) is 0. The number of rotatable bonds is 2. The van der Waals surface area contributed by atoms with E-state index in [4.69, 9.17) is 4.74 Å². The molecule has 1 fully saturated rings. The van der Waals surface area contributed by atoms with Crippen LogP contribution in [-0.4, -0.2) is 12.1 Å². The highest BCUT2D eigenvalue weighted by Gasteiger charge is 2.22. The Morgan fingerprint density at radius 2 is 1.93 bits per heavy atom. The lowest BCUT2D eigenvalue weighted by Gasteiger charge is -2.25. The lowest BCUT2D eigenvalue weighted by Crippen LogP contribution is -2.24. The van der Waals surface area contributed by atoms with Crippen molar-refractivity contribution in [3.63, 3.8) is 0 Å². The molecule has 0 spiro atoms. The smallest absolute Gasteiger partial charge is 0.306 e. The summed E-state index contributed by atoms with van der Waals surface area (Å²) < 4.78 is 5.24. The molecule has 0 aliphatic carbocycles. The predicted molar refractivity (Wildman–Crippen MR) is 63.8 cm³/mol. The zero-order chi connectivity index (χ0) is 11.9. The molecule has 0 amide bonds. The molecule has 0 unspecified atom stereocenters. The Morgan fingerprint density at radius 3 is 2.40 bits per heavy atom. The molecule has 2 heteroatoms. The van der Waals surface area contributed by atoms with Crippen LogP contribution in [0.1, 0.15) is 66.7 Å². The van der Waals surface area contributed by atoms with E-state index < -0.39 is 0 Å². The third kappa shape index (κ3) is 7.40. The maximum atomic E-state index is 11.0. The predicted octanol–water partition coefficient (Wildman–Crippen LogP) is 3.93. The standard InChI is InChI=1S/C11H20O2.C2H6/c1-11(2,3)8-7-9-5-4-6-10(12)13-9;1-2/h9H,4-8H2,1-3H3;1-2H3/t9-;/m1./s1. The van der Waals surface area contributed by atoms with Gasteiger partial charge in [0.15, 0.2) is 0 Å². The Kier molecular flexibility index (Phi) is 6.62. The molecule has 1 atom stereocenters. The molecule has 0 aromatic carbocycles. The van der Waals surface area contributed by atoms with Gasteiger partial charge in [-0.25, -0.2) is 0 Å². The van der Waals surface area contributed by atoms with Crippen molar-refractivity contribution in [1.82, 2.24) is 0 Å². The minimum Gasteiger partial charge on any atom is -0.462 e. The average molecular weight is 214 g/mol. The number of carbonyl (C=O) groups excluding carboxylic acids is 1.